The summed E-state index contributed by atoms with van der Waals surface area (Å²) in [5.41, 5.74) is -0.919. The lowest BCUT2D eigenvalue weighted by Crippen LogP contribution is -2.39. The van der Waals surface area contributed by atoms with Gasteiger partial charge in [-0.1, -0.05) is 0 Å². The van der Waals surface area contributed by atoms with Crippen molar-refractivity contribution in [3.8, 4) is 0 Å². The fourth-order valence-electron chi connectivity index (χ4n) is 2.34. The second kappa shape index (κ2) is 5.49. The molecule has 98 valence electrons. The number of carbonyl (C=O) groups excluding carboxylic acids is 2. The fraction of sp³-hybridized carbons (Fsp3) is 0.833. The van der Waals surface area contributed by atoms with Crippen molar-refractivity contribution >= 4 is 11.9 Å². The predicted molar refractivity (Wildman–Crippen MR) is 60.1 cm³/mol. The molecule has 0 bridgehead atoms. The van der Waals surface area contributed by atoms with E-state index >= 15 is 0 Å². The molecular weight excluding hydrogens is 224 g/mol. The van der Waals surface area contributed by atoms with Gasteiger partial charge in [-0.25, -0.2) is 0 Å². The van der Waals surface area contributed by atoms with Crippen molar-refractivity contribution in [1.29, 1.82) is 0 Å². The van der Waals surface area contributed by atoms with Crippen LogP contribution in [-0.4, -0.2) is 37.4 Å². The second-order valence-electron chi connectivity index (χ2n) is 4.76. The predicted octanol–water partition coefficient (Wildman–Crippen LogP) is 0.890. The molecule has 0 aromatic rings. The van der Waals surface area contributed by atoms with Crippen LogP contribution in [0, 0.1) is 11.3 Å². The molecule has 1 aliphatic carbocycles. The van der Waals surface area contributed by atoms with Crippen LogP contribution in [0.1, 0.15) is 32.6 Å². The third-order valence-corrected chi connectivity index (χ3v) is 3.72. The van der Waals surface area contributed by atoms with E-state index in [4.69, 9.17) is 9.47 Å². The van der Waals surface area contributed by atoms with Gasteiger partial charge in [0, 0.05) is 0 Å². The molecule has 0 aromatic carbocycles. The summed E-state index contributed by atoms with van der Waals surface area (Å²) >= 11 is 0. The molecule has 0 heterocycles. The molecule has 1 aliphatic rings. The van der Waals surface area contributed by atoms with Gasteiger partial charge in [-0.15, -0.1) is 0 Å². The van der Waals surface area contributed by atoms with Gasteiger partial charge in [0.25, 0.3) is 0 Å². The van der Waals surface area contributed by atoms with Gasteiger partial charge in [0.05, 0.1) is 31.7 Å². The Morgan fingerprint density at radius 2 is 1.82 bits per heavy atom. The third kappa shape index (κ3) is 2.77. The summed E-state index contributed by atoms with van der Waals surface area (Å²) in [4.78, 5) is 23.2. The van der Waals surface area contributed by atoms with Crippen LogP contribution in [0.2, 0.25) is 0 Å². The van der Waals surface area contributed by atoms with E-state index in [9.17, 15) is 14.7 Å². The van der Waals surface area contributed by atoms with E-state index in [0.29, 0.717) is 25.7 Å². The molecule has 0 aliphatic heterocycles. The number of carbonyl (C=O) groups is 2. The number of ether oxygens (including phenoxy) is 2. The molecule has 1 fully saturated rings. The van der Waals surface area contributed by atoms with Gasteiger partial charge < -0.3 is 14.6 Å². The van der Waals surface area contributed by atoms with Gasteiger partial charge >= 0.3 is 11.9 Å². The number of aliphatic hydroxyl groups is 1. The summed E-state index contributed by atoms with van der Waals surface area (Å²) < 4.78 is 9.42. The van der Waals surface area contributed by atoms with Crippen LogP contribution >= 0.6 is 0 Å². The molecule has 0 aromatic heterocycles. The van der Waals surface area contributed by atoms with E-state index in [1.165, 1.54) is 14.2 Å². The molecule has 17 heavy (non-hydrogen) atoms. The van der Waals surface area contributed by atoms with Crippen molar-refractivity contribution in [1.82, 2.24) is 0 Å². The molecule has 3 atom stereocenters. The first-order chi connectivity index (χ1) is 7.95. The maximum Gasteiger partial charge on any atom is 0.314 e. The third-order valence-electron chi connectivity index (χ3n) is 3.72. The SMILES string of the molecule is COC(=O)[C@H]1CCC(O)[C@@](C)(C(=O)OC)CC1. The molecule has 0 amide bonds. The van der Waals surface area contributed by atoms with Crippen LogP contribution in [0.4, 0.5) is 0 Å². The Morgan fingerprint density at radius 3 is 2.35 bits per heavy atom. The largest absolute Gasteiger partial charge is 0.469 e. The minimum Gasteiger partial charge on any atom is -0.469 e. The minimum absolute atomic E-state index is 0.235. The first kappa shape index (κ1) is 14.0. The Bertz CT molecular complexity index is 301. The Morgan fingerprint density at radius 1 is 1.18 bits per heavy atom. The smallest absolute Gasteiger partial charge is 0.314 e. The maximum absolute atomic E-state index is 11.7. The molecule has 0 saturated heterocycles. The second-order valence-corrected chi connectivity index (χ2v) is 4.76. The van der Waals surface area contributed by atoms with Crippen molar-refractivity contribution in [2.24, 2.45) is 11.3 Å². The van der Waals surface area contributed by atoms with Gasteiger partial charge in [-0.2, -0.15) is 0 Å². The summed E-state index contributed by atoms with van der Waals surface area (Å²) in [7, 11) is 2.66. The van der Waals surface area contributed by atoms with Gasteiger partial charge in [-0.3, -0.25) is 9.59 Å². The van der Waals surface area contributed by atoms with Crippen molar-refractivity contribution in [2.45, 2.75) is 38.7 Å². The highest BCUT2D eigenvalue weighted by Crippen LogP contribution is 2.38. The number of hydrogen-bond donors (Lipinski definition) is 1. The van der Waals surface area contributed by atoms with Crippen molar-refractivity contribution in [2.75, 3.05) is 14.2 Å². The lowest BCUT2D eigenvalue weighted by atomic mass is 9.80. The quantitative estimate of drug-likeness (QED) is 0.577. The summed E-state index contributed by atoms with van der Waals surface area (Å²) in [5.74, 6) is -0.928. The monoisotopic (exact) mass is 244 g/mol. The zero-order valence-corrected chi connectivity index (χ0v) is 10.6. The van der Waals surface area contributed by atoms with Crippen LogP contribution in [-0.2, 0) is 19.1 Å². The van der Waals surface area contributed by atoms with E-state index in [-0.39, 0.29) is 11.9 Å². The first-order valence-electron chi connectivity index (χ1n) is 5.80. The molecule has 5 heteroatoms. The molecule has 0 spiro atoms. The van der Waals surface area contributed by atoms with Crippen LogP contribution in [0.3, 0.4) is 0 Å². The van der Waals surface area contributed by atoms with E-state index in [1.54, 1.807) is 6.92 Å². The topological polar surface area (TPSA) is 72.8 Å². The van der Waals surface area contributed by atoms with E-state index in [0.717, 1.165) is 0 Å². The number of esters is 2. The molecule has 1 unspecified atom stereocenters. The van der Waals surface area contributed by atoms with Crippen molar-refractivity contribution in [3.05, 3.63) is 0 Å². The Hall–Kier alpha value is -1.10. The Labute approximate surface area is 101 Å². The zero-order chi connectivity index (χ0) is 13.1. The maximum atomic E-state index is 11.7. The highest BCUT2D eigenvalue weighted by molar-refractivity contribution is 5.77. The summed E-state index contributed by atoms with van der Waals surface area (Å²) in [5, 5.41) is 10.0. The Balaban J connectivity index is 2.79. The molecular formula is C12H20O5. The minimum atomic E-state index is -0.919. The van der Waals surface area contributed by atoms with Crippen LogP contribution in [0.15, 0.2) is 0 Å². The normalized spacial score (nSPS) is 33.6. The number of methoxy groups -OCH3 is 2. The number of hydrogen-bond acceptors (Lipinski definition) is 5. The van der Waals surface area contributed by atoms with Crippen molar-refractivity contribution < 1.29 is 24.2 Å². The number of aliphatic hydroxyl groups excluding tert-OH is 1. The van der Waals surface area contributed by atoms with E-state index in [1.807, 2.05) is 0 Å². The number of rotatable bonds is 2. The summed E-state index contributed by atoms with van der Waals surface area (Å²) in [6, 6.07) is 0. The van der Waals surface area contributed by atoms with Crippen LogP contribution < -0.4 is 0 Å². The Kier molecular flexibility index (Phi) is 4.51. The van der Waals surface area contributed by atoms with Gasteiger partial charge in [0.1, 0.15) is 0 Å². The van der Waals surface area contributed by atoms with Crippen molar-refractivity contribution in [3.63, 3.8) is 0 Å². The molecule has 1 saturated carbocycles. The van der Waals surface area contributed by atoms with Gasteiger partial charge in [-0.05, 0) is 32.6 Å². The molecule has 5 nitrogen and oxygen atoms in total. The lowest BCUT2D eigenvalue weighted by molar-refractivity contribution is -0.159. The molecule has 0 radical (unpaired) electrons. The molecule has 1 N–H and O–H groups in total. The van der Waals surface area contributed by atoms with E-state index in [2.05, 4.69) is 0 Å². The summed E-state index contributed by atoms with van der Waals surface area (Å²) in [6.45, 7) is 1.68. The van der Waals surface area contributed by atoms with Gasteiger partial charge in [0.15, 0.2) is 0 Å². The average Bonchev–Trinajstić information content (AvgIpc) is 2.49. The fourth-order valence-corrected chi connectivity index (χ4v) is 2.34. The highest BCUT2D eigenvalue weighted by atomic mass is 16.5. The van der Waals surface area contributed by atoms with E-state index < -0.39 is 17.5 Å². The van der Waals surface area contributed by atoms with Crippen LogP contribution in [0.25, 0.3) is 0 Å². The van der Waals surface area contributed by atoms with Crippen LogP contribution in [0.5, 0.6) is 0 Å². The zero-order valence-electron chi connectivity index (χ0n) is 10.6. The average molecular weight is 244 g/mol. The summed E-state index contributed by atoms with van der Waals surface area (Å²) in [6.07, 6.45) is 1.14. The lowest BCUT2D eigenvalue weighted by Gasteiger charge is -2.29. The highest BCUT2D eigenvalue weighted by Gasteiger charge is 2.44. The first-order valence-corrected chi connectivity index (χ1v) is 5.80. The standard InChI is InChI=1S/C12H20O5/c1-12(11(15)17-3)7-6-8(10(14)16-2)4-5-9(12)13/h8-9,13H,4-7H2,1-3H3/t8-,9?,12-/m0/s1. The van der Waals surface area contributed by atoms with Gasteiger partial charge in [0.2, 0.25) is 0 Å². The molecule has 1 rings (SSSR count).